The average molecular weight is 405 g/mol. The van der Waals surface area contributed by atoms with Crippen LogP contribution in [0.4, 0.5) is 0 Å². The molecular formula is C10H12IO7S-. The number of esters is 1. The van der Waals surface area contributed by atoms with Crippen molar-refractivity contribution in [2.45, 2.75) is 25.4 Å². The van der Waals surface area contributed by atoms with Crippen molar-refractivity contribution in [2.75, 3.05) is 0 Å². The number of carbonyl (C=O) groups excluding carboxylic acids is 2. The van der Waals surface area contributed by atoms with Gasteiger partial charge in [-0.15, -0.1) is 0 Å². The number of hydrogen-bond donors (Lipinski definition) is 2. The maximum absolute atomic E-state index is 11.1. The van der Waals surface area contributed by atoms with Crippen LogP contribution in [0.5, 0.6) is 0 Å². The number of ether oxygens (including phenoxy) is 1. The van der Waals surface area contributed by atoms with E-state index >= 15 is 0 Å². The number of halogens is 1. The standard InChI is InChI=1S/C10H12IO7S/c11-19-9(15)3-1-2-6(10(16)17)18-8(14)5-4-7(12)13/h4-6,11H,1-3H2,(H,12,13)(H,16,17)/q-1/b5-4+/t6-/m0/s1/i11T. The molecule has 9 heteroatoms. The van der Waals surface area contributed by atoms with Crippen LogP contribution in [-0.4, -0.2) is 39.9 Å². The Labute approximate surface area is 125 Å². The van der Waals surface area contributed by atoms with Gasteiger partial charge in [0, 0.05) is 0 Å². The molecule has 0 amide bonds. The summed E-state index contributed by atoms with van der Waals surface area (Å²) in [7, 11) is 0.923. The molecule has 2 N–H and O–H groups in total. The summed E-state index contributed by atoms with van der Waals surface area (Å²) >= 11 is -0.954. The molecule has 0 heterocycles. The molecule has 0 aliphatic heterocycles. The zero-order valence-electron chi connectivity index (χ0n) is 10.6. The van der Waals surface area contributed by atoms with E-state index in [4.69, 9.17) is 10.8 Å². The summed E-state index contributed by atoms with van der Waals surface area (Å²) in [5, 5.41) is 16.9. The Morgan fingerprint density at radius 1 is 1.32 bits per heavy atom. The summed E-state index contributed by atoms with van der Waals surface area (Å²) in [5.41, 5.74) is 0. The first-order chi connectivity index (χ1) is 9.36. The van der Waals surface area contributed by atoms with E-state index in [1.807, 2.05) is 0 Å². The second-order valence-electron chi connectivity index (χ2n) is 3.28. The molecule has 0 aromatic carbocycles. The second-order valence-corrected chi connectivity index (χ2v) is 5.21. The van der Waals surface area contributed by atoms with Crippen LogP contribution in [0.15, 0.2) is 12.2 Å². The minimum atomic E-state index is -1.43. The third kappa shape index (κ3) is 9.47. The summed E-state index contributed by atoms with van der Waals surface area (Å²) in [6.45, 7) is 0. The molecule has 0 radical (unpaired) electrons. The zero-order valence-corrected chi connectivity index (χ0v) is 12.5. The predicted octanol–water partition coefficient (Wildman–Crippen LogP) is -2.75. The van der Waals surface area contributed by atoms with Crippen molar-refractivity contribution < 1.29 is 55.1 Å². The van der Waals surface area contributed by atoms with Gasteiger partial charge in [0.05, 0.1) is 0 Å². The van der Waals surface area contributed by atoms with Gasteiger partial charge in [-0.3, -0.25) is 0 Å². The molecule has 0 spiro atoms. The van der Waals surface area contributed by atoms with Crippen LogP contribution in [0.1, 0.15) is 19.3 Å². The summed E-state index contributed by atoms with van der Waals surface area (Å²) in [4.78, 5) is 43.3. The first-order valence-corrected chi connectivity index (χ1v) is 8.38. The number of aliphatic carboxylic acids is 2. The number of carbonyl (C=O) groups is 4. The molecule has 0 saturated carbocycles. The van der Waals surface area contributed by atoms with Gasteiger partial charge in [0.15, 0.2) is 0 Å². The number of carboxylic acid groups (broad SMARTS) is 2. The predicted molar refractivity (Wildman–Crippen MR) is 62.1 cm³/mol. The van der Waals surface area contributed by atoms with E-state index in [1.165, 1.54) is 0 Å². The van der Waals surface area contributed by atoms with Crippen molar-refractivity contribution in [1.29, 1.82) is 0.594 Å². The molecule has 0 aliphatic carbocycles. The van der Waals surface area contributed by atoms with E-state index in [0.717, 1.165) is 8.93 Å². The molecule has 1 atom stereocenters. The molecule has 0 bridgehead atoms. The Morgan fingerprint density at radius 2 is 2.00 bits per heavy atom. The van der Waals surface area contributed by atoms with Crippen LogP contribution in [0.25, 0.3) is 0 Å². The molecule has 0 aromatic rings. The third-order valence-corrected chi connectivity index (χ3v) is 3.68. The van der Waals surface area contributed by atoms with Gasteiger partial charge in [-0.05, 0) is 0 Å². The van der Waals surface area contributed by atoms with Crippen molar-refractivity contribution in [3.05, 3.63) is 12.2 Å². The Balaban J connectivity index is 4.24. The fourth-order valence-corrected chi connectivity index (χ4v) is 1.90. The molecule has 0 saturated heterocycles. The van der Waals surface area contributed by atoms with Gasteiger partial charge < -0.3 is 0 Å². The molecule has 0 rings (SSSR count). The van der Waals surface area contributed by atoms with E-state index in [2.05, 4.69) is 4.74 Å². The van der Waals surface area contributed by atoms with E-state index in [9.17, 15) is 19.2 Å². The van der Waals surface area contributed by atoms with Crippen LogP contribution in [0, 0.1) is 0 Å². The van der Waals surface area contributed by atoms with Crippen LogP contribution < -0.4 is 21.0 Å². The van der Waals surface area contributed by atoms with E-state index in [-0.39, 0.29) is 24.4 Å². The molecule has 0 aliphatic rings. The van der Waals surface area contributed by atoms with E-state index < -0.39 is 45.0 Å². The van der Waals surface area contributed by atoms with Crippen LogP contribution in [0.3, 0.4) is 0 Å². The van der Waals surface area contributed by atoms with Crippen molar-refractivity contribution in [3.8, 4) is 0 Å². The molecule has 0 aromatic heterocycles. The monoisotopic (exact) mass is 405 g/mol. The van der Waals surface area contributed by atoms with Gasteiger partial charge in [0.25, 0.3) is 0 Å². The van der Waals surface area contributed by atoms with Gasteiger partial charge in [-0.1, -0.05) is 0 Å². The van der Waals surface area contributed by atoms with Crippen molar-refractivity contribution in [1.82, 2.24) is 0 Å². The SMILES string of the molecule is [3H][I-]SC(=O)CCC[C@H](OC(=O)/C=C/C(=O)O)C(=O)O. The Morgan fingerprint density at radius 3 is 2.53 bits per heavy atom. The van der Waals surface area contributed by atoms with Gasteiger partial charge in [0.1, 0.15) is 0 Å². The summed E-state index contributed by atoms with van der Waals surface area (Å²) < 4.78 is 11.5. The topological polar surface area (TPSA) is 118 Å². The summed E-state index contributed by atoms with van der Waals surface area (Å²) in [5.74, 6) is -3.79. The van der Waals surface area contributed by atoms with Gasteiger partial charge in [0.2, 0.25) is 0 Å². The number of hydrogen-bond acceptors (Lipinski definition) is 6. The fourth-order valence-electron chi connectivity index (χ4n) is 1.02. The van der Waals surface area contributed by atoms with Crippen molar-refractivity contribution >= 4 is 32.0 Å². The van der Waals surface area contributed by atoms with Gasteiger partial charge >= 0.3 is 125 Å². The van der Waals surface area contributed by atoms with Crippen molar-refractivity contribution in [3.63, 3.8) is 0 Å². The minimum absolute atomic E-state index is 0.0510. The molecule has 0 unspecified atom stereocenters. The molecule has 0 fully saturated rings. The number of rotatable bonds is 9. The quantitative estimate of drug-likeness (QED) is 0.241. The van der Waals surface area contributed by atoms with Crippen LogP contribution in [-0.2, 0) is 23.9 Å². The van der Waals surface area contributed by atoms with Crippen LogP contribution in [0.2, 0.25) is 0 Å². The molecule has 7 nitrogen and oxygen atoms in total. The first-order valence-electron chi connectivity index (χ1n) is 5.40. The normalized spacial score (nSPS) is 12.9. The van der Waals surface area contributed by atoms with Gasteiger partial charge in [-0.2, -0.15) is 0 Å². The van der Waals surface area contributed by atoms with Crippen LogP contribution >= 0.6 is 8.93 Å². The number of carboxylic acids is 2. The van der Waals surface area contributed by atoms with E-state index in [1.54, 1.807) is 0 Å². The Hall–Kier alpha value is -1.10. The Kier molecular flexibility index (Phi) is 8.21. The maximum atomic E-state index is 11.1. The Bertz CT molecular complexity index is 412. The first kappa shape index (κ1) is 16.0. The second kappa shape index (κ2) is 9.78. The molecule has 108 valence electrons. The molecule has 19 heavy (non-hydrogen) atoms. The summed E-state index contributed by atoms with van der Waals surface area (Å²) in [6.07, 6.45) is -0.00406. The van der Waals surface area contributed by atoms with E-state index in [0.29, 0.717) is 12.2 Å². The summed E-state index contributed by atoms with van der Waals surface area (Å²) in [6, 6.07) is 0. The zero-order chi connectivity index (χ0) is 15.5. The third-order valence-electron chi connectivity index (χ3n) is 1.83. The molecular weight excluding hydrogens is 391 g/mol. The van der Waals surface area contributed by atoms with Gasteiger partial charge in [-0.25, -0.2) is 0 Å². The fraction of sp³-hybridized carbons (Fsp3) is 0.400. The van der Waals surface area contributed by atoms with Crippen molar-refractivity contribution in [2.24, 2.45) is 0 Å². The average Bonchev–Trinajstić information content (AvgIpc) is 2.35.